The van der Waals surface area contributed by atoms with Gasteiger partial charge in [-0.05, 0) is 6.07 Å². The molecular formula is C7H8N2O3. The second-order valence-corrected chi connectivity index (χ2v) is 2.13. The van der Waals surface area contributed by atoms with Crippen LogP contribution in [0.5, 0.6) is 0 Å². The lowest BCUT2D eigenvalue weighted by atomic mass is 10.3. The minimum absolute atomic E-state index is 0.233. The number of carbonyl (C=O) groups excluding carboxylic acids is 1. The molecule has 0 saturated heterocycles. The molecule has 0 fully saturated rings. The normalized spacial score (nSPS) is 9.42. The van der Waals surface area contributed by atoms with E-state index in [0.29, 0.717) is 0 Å². The maximum Gasteiger partial charge on any atom is 0.282 e. The van der Waals surface area contributed by atoms with E-state index < -0.39 is 5.91 Å². The first-order valence-corrected chi connectivity index (χ1v) is 3.22. The number of nitrogens with two attached hydrogens (primary N) is 1. The van der Waals surface area contributed by atoms with Gasteiger partial charge in [0.1, 0.15) is 7.11 Å². The van der Waals surface area contributed by atoms with E-state index in [0.717, 1.165) is 4.73 Å². The number of hydrogen-bond acceptors (Lipinski definition) is 3. The summed E-state index contributed by atoms with van der Waals surface area (Å²) in [5.74, 6) is -0.596. The highest BCUT2D eigenvalue weighted by Crippen LogP contribution is 1.91. The minimum Gasteiger partial charge on any atom is -0.414 e. The number of primary amides is 1. The fourth-order valence-electron chi connectivity index (χ4n) is 0.756. The van der Waals surface area contributed by atoms with Crippen LogP contribution in [-0.2, 0) is 0 Å². The molecule has 0 aliphatic carbocycles. The highest BCUT2D eigenvalue weighted by Gasteiger charge is 2.02. The highest BCUT2D eigenvalue weighted by atomic mass is 16.6. The average Bonchev–Trinajstić information content (AvgIpc) is 2.05. The first kappa shape index (κ1) is 8.32. The summed E-state index contributed by atoms with van der Waals surface area (Å²) in [6.45, 7) is 0. The summed E-state index contributed by atoms with van der Waals surface area (Å²) in [6, 6.07) is 2.56. The number of pyridine rings is 1. The van der Waals surface area contributed by atoms with Crippen molar-refractivity contribution in [2.45, 2.75) is 0 Å². The van der Waals surface area contributed by atoms with E-state index in [1.165, 1.54) is 25.4 Å². The van der Waals surface area contributed by atoms with Crippen LogP contribution in [-0.4, -0.2) is 17.7 Å². The van der Waals surface area contributed by atoms with Gasteiger partial charge in [0.2, 0.25) is 5.91 Å². The van der Waals surface area contributed by atoms with Gasteiger partial charge in [-0.2, -0.15) is 4.73 Å². The minimum atomic E-state index is -0.596. The number of rotatable bonds is 2. The molecule has 0 aliphatic heterocycles. The predicted molar refractivity (Wildman–Crippen MR) is 41.7 cm³/mol. The molecule has 0 spiro atoms. The van der Waals surface area contributed by atoms with Crippen LogP contribution in [0.25, 0.3) is 0 Å². The molecule has 0 aliphatic rings. The molecule has 0 atom stereocenters. The lowest BCUT2D eigenvalue weighted by Gasteiger charge is -2.02. The third-order valence-corrected chi connectivity index (χ3v) is 1.36. The van der Waals surface area contributed by atoms with Gasteiger partial charge >= 0.3 is 0 Å². The summed E-state index contributed by atoms with van der Waals surface area (Å²) < 4.78 is 0.931. The second-order valence-electron chi connectivity index (χ2n) is 2.13. The Morgan fingerprint density at radius 2 is 2.25 bits per heavy atom. The summed E-state index contributed by atoms with van der Waals surface area (Å²) in [5, 5.41) is 0. The van der Waals surface area contributed by atoms with Gasteiger partial charge in [-0.1, -0.05) is 0 Å². The second kappa shape index (κ2) is 3.08. The molecule has 64 valence electrons. The molecule has 0 saturated carbocycles. The maximum atomic E-state index is 10.9. The largest absolute Gasteiger partial charge is 0.414 e. The van der Waals surface area contributed by atoms with Crippen molar-refractivity contribution in [1.82, 2.24) is 4.73 Å². The molecule has 1 amide bonds. The monoisotopic (exact) mass is 168 g/mol. The van der Waals surface area contributed by atoms with Crippen molar-refractivity contribution in [2.75, 3.05) is 7.11 Å². The van der Waals surface area contributed by atoms with Gasteiger partial charge < -0.3 is 10.6 Å². The SMILES string of the molecule is COn1cc(C(N)=O)ccc1=O. The van der Waals surface area contributed by atoms with Crippen LogP contribution in [0.1, 0.15) is 10.4 Å². The molecule has 1 aromatic heterocycles. The third-order valence-electron chi connectivity index (χ3n) is 1.36. The molecular weight excluding hydrogens is 160 g/mol. The van der Waals surface area contributed by atoms with Crippen LogP contribution < -0.4 is 16.1 Å². The van der Waals surface area contributed by atoms with E-state index in [1.54, 1.807) is 0 Å². The Kier molecular flexibility index (Phi) is 2.14. The van der Waals surface area contributed by atoms with Crippen LogP contribution >= 0.6 is 0 Å². The zero-order chi connectivity index (χ0) is 9.14. The molecule has 5 nitrogen and oxygen atoms in total. The van der Waals surface area contributed by atoms with Crippen LogP contribution in [0.15, 0.2) is 23.1 Å². The van der Waals surface area contributed by atoms with Gasteiger partial charge in [-0.25, -0.2) is 0 Å². The van der Waals surface area contributed by atoms with Gasteiger partial charge in [0.05, 0.1) is 11.8 Å². The van der Waals surface area contributed by atoms with Crippen molar-refractivity contribution in [3.63, 3.8) is 0 Å². The molecule has 2 N–H and O–H groups in total. The summed E-state index contributed by atoms with van der Waals surface area (Å²) in [5.41, 5.74) is 4.87. The predicted octanol–water partition coefficient (Wildman–Crippen LogP) is -0.994. The summed E-state index contributed by atoms with van der Waals surface area (Å²) in [6.07, 6.45) is 1.24. The molecule has 5 heteroatoms. The summed E-state index contributed by atoms with van der Waals surface area (Å²) in [4.78, 5) is 26.2. The van der Waals surface area contributed by atoms with E-state index in [4.69, 9.17) is 5.73 Å². The molecule has 0 bridgehead atoms. The molecule has 0 radical (unpaired) electrons. The fraction of sp³-hybridized carbons (Fsp3) is 0.143. The lowest BCUT2D eigenvalue weighted by Crippen LogP contribution is -2.25. The van der Waals surface area contributed by atoms with Gasteiger partial charge in [-0.15, -0.1) is 0 Å². The van der Waals surface area contributed by atoms with Crippen molar-refractivity contribution in [3.05, 3.63) is 34.2 Å². The van der Waals surface area contributed by atoms with E-state index in [-0.39, 0.29) is 11.1 Å². The lowest BCUT2D eigenvalue weighted by molar-refractivity contribution is 0.0993. The zero-order valence-corrected chi connectivity index (χ0v) is 6.48. The number of hydrogen-bond donors (Lipinski definition) is 1. The molecule has 1 heterocycles. The standard InChI is InChI=1S/C7H8N2O3/c1-12-9-4-5(7(8)11)2-3-6(9)10/h2-4H,1H3,(H2,8,11). The van der Waals surface area contributed by atoms with E-state index in [9.17, 15) is 9.59 Å². The van der Waals surface area contributed by atoms with Crippen molar-refractivity contribution in [2.24, 2.45) is 5.73 Å². The maximum absolute atomic E-state index is 10.9. The zero-order valence-electron chi connectivity index (χ0n) is 6.48. The molecule has 0 unspecified atom stereocenters. The number of nitrogens with zero attached hydrogens (tertiary/aromatic N) is 1. The Morgan fingerprint density at radius 1 is 1.58 bits per heavy atom. The Morgan fingerprint density at radius 3 is 2.75 bits per heavy atom. The van der Waals surface area contributed by atoms with Gasteiger partial charge in [0, 0.05) is 6.07 Å². The molecule has 1 aromatic rings. The van der Waals surface area contributed by atoms with Crippen LogP contribution in [0, 0.1) is 0 Å². The Labute approximate surface area is 68.3 Å². The summed E-state index contributed by atoms with van der Waals surface area (Å²) in [7, 11) is 1.33. The van der Waals surface area contributed by atoms with E-state index in [2.05, 4.69) is 4.84 Å². The number of amides is 1. The van der Waals surface area contributed by atoms with Crippen LogP contribution in [0.4, 0.5) is 0 Å². The Hall–Kier alpha value is -1.78. The van der Waals surface area contributed by atoms with E-state index >= 15 is 0 Å². The quantitative estimate of drug-likeness (QED) is 0.615. The van der Waals surface area contributed by atoms with Gasteiger partial charge in [0.15, 0.2) is 0 Å². The van der Waals surface area contributed by atoms with Crippen molar-refractivity contribution in [1.29, 1.82) is 0 Å². The Balaban J connectivity index is 3.23. The van der Waals surface area contributed by atoms with Crippen molar-refractivity contribution < 1.29 is 9.63 Å². The molecule has 0 aromatic carbocycles. The number of carbonyl (C=O) groups is 1. The van der Waals surface area contributed by atoms with Gasteiger partial charge in [-0.3, -0.25) is 9.59 Å². The molecule has 1 rings (SSSR count). The van der Waals surface area contributed by atoms with Crippen molar-refractivity contribution in [3.8, 4) is 0 Å². The first-order chi connectivity index (χ1) is 5.65. The number of aromatic nitrogens is 1. The highest BCUT2D eigenvalue weighted by molar-refractivity contribution is 5.92. The fourth-order valence-corrected chi connectivity index (χ4v) is 0.756. The Bertz CT molecular complexity index is 356. The van der Waals surface area contributed by atoms with Crippen LogP contribution in [0.2, 0.25) is 0 Å². The smallest absolute Gasteiger partial charge is 0.282 e. The topological polar surface area (TPSA) is 74.3 Å². The first-order valence-electron chi connectivity index (χ1n) is 3.22. The third kappa shape index (κ3) is 1.45. The average molecular weight is 168 g/mol. The summed E-state index contributed by atoms with van der Waals surface area (Å²) >= 11 is 0. The van der Waals surface area contributed by atoms with E-state index in [1.807, 2.05) is 0 Å². The van der Waals surface area contributed by atoms with Gasteiger partial charge in [0.25, 0.3) is 5.56 Å². The van der Waals surface area contributed by atoms with Crippen molar-refractivity contribution >= 4 is 5.91 Å². The molecule has 12 heavy (non-hydrogen) atoms. The van der Waals surface area contributed by atoms with Crippen LogP contribution in [0.3, 0.4) is 0 Å².